The van der Waals surface area contributed by atoms with Crippen LogP contribution in [0.2, 0.25) is 0 Å². The molecule has 1 unspecified atom stereocenters. The first-order chi connectivity index (χ1) is 13.1. The highest BCUT2D eigenvalue weighted by atomic mass is 32.2. The van der Waals surface area contributed by atoms with E-state index in [2.05, 4.69) is 15.3 Å². The summed E-state index contributed by atoms with van der Waals surface area (Å²) in [7, 11) is 0. The lowest BCUT2D eigenvalue weighted by molar-refractivity contribution is -0.119. The first-order valence-corrected chi connectivity index (χ1v) is 9.94. The topological polar surface area (TPSA) is 76.9 Å². The molecule has 138 valence electrons. The zero-order valence-electron chi connectivity index (χ0n) is 15.2. The molecule has 1 atom stereocenters. The van der Waals surface area contributed by atoms with E-state index in [4.69, 9.17) is 0 Å². The number of rotatable bonds is 3. The lowest BCUT2D eigenvalue weighted by Gasteiger charge is -2.25. The Morgan fingerprint density at radius 2 is 2.22 bits per heavy atom. The minimum atomic E-state index is -0.279. The largest absolute Gasteiger partial charge is 0.326 e. The molecule has 0 aliphatic carbocycles. The van der Waals surface area contributed by atoms with Gasteiger partial charge in [-0.25, -0.2) is 4.98 Å². The standard InChI is InChI=1S/C20H20N4O2S/c1-3-16-12(2)22-20-24(19(16)26)10-14(11-27-20)18(25)23-15-6-7-17-13(9-15)5-4-8-21-17/h4-9,14H,3,10-11H2,1-2H3,(H,23,25). The molecule has 0 saturated carbocycles. The third-order valence-electron chi connectivity index (χ3n) is 4.85. The van der Waals surface area contributed by atoms with E-state index in [0.29, 0.717) is 23.9 Å². The predicted octanol–water partition coefficient (Wildman–Crippen LogP) is 3.02. The molecular formula is C20H20N4O2S. The number of nitrogens with zero attached hydrogens (tertiary/aromatic N) is 3. The molecule has 0 fully saturated rings. The molecule has 0 saturated heterocycles. The molecule has 3 aromatic rings. The van der Waals surface area contributed by atoms with Crippen molar-refractivity contribution in [3.8, 4) is 0 Å². The van der Waals surface area contributed by atoms with Crippen molar-refractivity contribution in [3.63, 3.8) is 0 Å². The van der Waals surface area contributed by atoms with E-state index in [-0.39, 0.29) is 17.4 Å². The first-order valence-electron chi connectivity index (χ1n) is 8.95. The molecule has 1 aliphatic rings. The summed E-state index contributed by atoms with van der Waals surface area (Å²) < 4.78 is 1.65. The molecule has 0 bridgehead atoms. The number of hydrogen-bond donors (Lipinski definition) is 1. The maximum atomic E-state index is 12.8. The van der Waals surface area contributed by atoms with Gasteiger partial charge in [-0.05, 0) is 37.6 Å². The van der Waals surface area contributed by atoms with Crippen LogP contribution in [0.4, 0.5) is 5.69 Å². The number of aryl methyl sites for hydroxylation is 1. The summed E-state index contributed by atoms with van der Waals surface area (Å²) in [4.78, 5) is 34.3. The van der Waals surface area contributed by atoms with Gasteiger partial charge in [0, 0.05) is 40.8 Å². The van der Waals surface area contributed by atoms with Crippen LogP contribution in [-0.4, -0.2) is 26.2 Å². The van der Waals surface area contributed by atoms with E-state index in [1.165, 1.54) is 11.8 Å². The molecule has 1 aromatic carbocycles. The van der Waals surface area contributed by atoms with Crippen LogP contribution in [0, 0.1) is 12.8 Å². The minimum Gasteiger partial charge on any atom is -0.326 e. The number of fused-ring (bicyclic) bond motifs is 2. The van der Waals surface area contributed by atoms with Gasteiger partial charge in [0.15, 0.2) is 5.16 Å². The van der Waals surface area contributed by atoms with Crippen molar-refractivity contribution in [1.82, 2.24) is 14.5 Å². The number of benzene rings is 1. The number of nitrogens with one attached hydrogen (secondary N) is 1. The second kappa shape index (κ2) is 7.15. The van der Waals surface area contributed by atoms with E-state index in [1.807, 2.05) is 44.2 Å². The highest BCUT2D eigenvalue weighted by Gasteiger charge is 2.28. The summed E-state index contributed by atoms with van der Waals surface area (Å²) in [5.74, 6) is 0.249. The fourth-order valence-corrected chi connectivity index (χ4v) is 4.48. The van der Waals surface area contributed by atoms with Crippen LogP contribution in [0.3, 0.4) is 0 Å². The minimum absolute atomic E-state index is 0.0261. The maximum absolute atomic E-state index is 12.8. The molecule has 0 radical (unpaired) electrons. The first kappa shape index (κ1) is 17.7. The third-order valence-corrected chi connectivity index (χ3v) is 5.98. The van der Waals surface area contributed by atoms with E-state index >= 15 is 0 Å². The van der Waals surface area contributed by atoms with Gasteiger partial charge in [0.2, 0.25) is 5.91 Å². The van der Waals surface area contributed by atoms with Gasteiger partial charge in [-0.3, -0.25) is 19.1 Å². The van der Waals surface area contributed by atoms with Crippen molar-refractivity contribution in [2.24, 2.45) is 5.92 Å². The van der Waals surface area contributed by atoms with Crippen molar-refractivity contribution >= 4 is 34.3 Å². The van der Waals surface area contributed by atoms with E-state index in [1.54, 1.807) is 10.8 Å². The highest BCUT2D eigenvalue weighted by Crippen LogP contribution is 2.27. The molecule has 1 aliphatic heterocycles. The van der Waals surface area contributed by atoms with Crippen LogP contribution in [0.5, 0.6) is 0 Å². The summed E-state index contributed by atoms with van der Waals surface area (Å²) in [5, 5.41) is 4.66. The second-order valence-electron chi connectivity index (χ2n) is 6.64. The Bertz CT molecular complexity index is 1090. The van der Waals surface area contributed by atoms with Gasteiger partial charge in [-0.1, -0.05) is 24.8 Å². The maximum Gasteiger partial charge on any atom is 0.257 e. The van der Waals surface area contributed by atoms with E-state index in [0.717, 1.165) is 27.8 Å². The summed E-state index contributed by atoms with van der Waals surface area (Å²) in [6.07, 6.45) is 2.39. The molecule has 1 N–H and O–H groups in total. The monoisotopic (exact) mass is 380 g/mol. The molecule has 2 aromatic heterocycles. The van der Waals surface area contributed by atoms with Crippen LogP contribution in [0.15, 0.2) is 46.5 Å². The van der Waals surface area contributed by atoms with Crippen LogP contribution >= 0.6 is 11.8 Å². The number of hydrogen-bond acceptors (Lipinski definition) is 5. The molecule has 1 amide bonds. The van der Waals surface area contributed by atoms with Crippen LogP contribution in [0.1, 0.15) is 18.2 Å². The van der Waals surface area contributed by atoms with Gasteiger partial charge in [0.1, 0.15) is 0 Å². The Kier molecular flexibility index (Phi) is 4.70. The summed E-state index contributed by atoms with van der Waals surface area (Å²) in [5.41, 5.74) is 3.11. The number of amides is 1. The van der Waals surface area contributed by atoms with Crippen LogP contribution in [-0.2, 0) is 17.8 Å². The van der Waals surface area contributed by atoms with Crippen molar-refractivity contribution in [1.29, 1.82) is 0 Å². The van der Waals surface area contributed by atoms with Crippen molar-refractivity contribution < 1.29 is 4.79 Å². The number of thioether (sulfide) groups is 1. The second-order valence-corrected chi connectivity index (χ2v) is 7.62. The Balaban J connectivity index is 1.56. The molecular weight excluding hydrogens is 360 g/mol. The summed E-state index contributed by atoms with van der Waals surface area (Å²) in [6, 6.07) is 9.49. The molecule has 4 rings (SSSR count). The average molecular weight is 380 g/mol. The van der Waals surface area contributed by atoms with Crippen molar-refractivity contribution in [2.45, 2.75) is 32.0 Å². The number of pyridine rings is 1. The summed E-state index contributed by atoms with van der Waals surface area (Å²) in [6.45, 7) is 4.19. The van der Waals surface area contributed by atoms with Crippen LogP contribution in [0.25, 0.3) is 10.9 Å². The average Bonchev–Trinajstić information content (AvgIpc) is 2.68. The zero-order valence-corrected chi connectivity index (χ0v) is 16.0. The van der Waals surface area contributed by atoms with Gasteiger partial charge >= 0.3 is 0 Å². The van der Waals surface area contributed by atoms with Gasteiger partial charge in [-0.15, -0.1) is 0 Å². The third kappa shape index (κ3) is 3.35. The number of carbonyl (C=O) groups is 1. The van der Waals surface area contributed by atoms with Crippen LogP contribution < -0.4 is 10.9 Å². The Labute approximate surface area is 161 Å². The smallest absolute Gasteiger partial charge is 0.257 e. The van der Waals surface area contributed by atoms with Gasteiger partial charge in [-0.2, -0.15) is 0 Å². The van der Waals surface area contributed by atoms with E-state index in [9.17, 15) is 9.59 Å². The normalized spacial score (nSPS) is 16.1. The molecule has 6 nitrogen and oxygen atoms in total. The number of anilines is 1. The lowest BCUT2D eigenvalue weighted by Crippen LogP contribution is -2.38. The fraction of sp³-hybridized carbons (Fsp3) is 0.300. The van der Waals surface area contributed by atoms with Gasteiger partial charge in [0.25, 0.3) is 5.56 Å². The van der Waals surface area contributed by atoms with Crippen molar-refractivity contribution in [2.75, 3.05) is 11.1 Å². The SMILES string of the molecule is CCc1c(C)nc2n(c1=O)CC(C(=O)Nc1ccc3ncccc3c1)CS2. The van der Waals surface area contributed by atoms with Gasteiger partial charge in [0.05, 0.1) is 11.4 Å². The predicted molar refractivity (Wildman–Crippen MR) is 107 cm³/mol. The number of aromatic nitrogens is 3. The zero-order chi connectivity index (χ0) is 19.0. The quantitative estimate of drug-likeness (QED) is 0.707. The Morgan fingerprint density at radius 1 is 1.37 bits per heavy atom. The Hall–Kier alpha value is -2.67. The fourth-order valence-electron chi connectivity index (χ4n) is 3.36. The molecule has 3 heterocycles. The van der Waals surface area contributed by atoms with E-state index < -0.39 is 0 Å². The molecule has 27 heavy (non-hydrogen) atoms. The molecule has 0 spiro atoms. The Morgan fingerprint density at radius 3 is 3.04 bits per heavy atom. The molecule has 7 heteroatoms. The highest BCUT2D eigenvalue weighted by molar-refractivity contribution is 7.99. The number of carbonyl (C=O) groups excluding carboxylic acids is 1. The van der Waals surface area contributed by atoms with Gasteiger partial charge < -0.3 is 5.32 Å². The summed E-state index contributed by atoms with van der Waals surface area (Å²) >= 11 is 1.47. The van der Waals surface area contributed by atoms with Crippen molar-refractivity contribution in [3.05, 3.63) is 58.1 Å². The lowest BCUT2D eigenvalue weighted by atomic mass is 10.1.